The lowest BCUT2D eigenvalue weighted by Crippen LogP contribution is -2.22. The average molecular weight is 307 g/mol. The quantitative estimate of drug-likeness (QED) is 0.919. The summed E-state index contributed by atoms with van der Waals surface area (Å²) in [7, 11) is 0. The van der Waals surface area contributed by atoms with Crippen molar-refractivity contribution < 1.29 is 13.6 Å². The van der Waals surface area contributed by atoms with E-state index < -0.39 is 11.6 Å². The summed E-state index contributed by atoms with van der Waals surface area (Å²) in [5, 5.41) is 6.94. The van der Waals surface area contributed by atoms with E-state index in [1.165, 1.54) is 4.68 Å². The molecule has 1 atom stereocenters. The molecule has 22 heavy (non-hydrogen) atoms. The van der Waals surface area contributed by atoms with E-state index in [0.717, 1.165) is 30.2 Å². The van der Waals surface area contributed by atoms with Gasteiger partial charge in [-0.15, -0.1) is 0 Å². The highest BCUT2D eigenvalue weighted by atomic mass is 19.1. The van der Waals surface area contributed by atoms with Gasteiger partial charge < -0.3 is 5.32 Å². The Balaban J connectivity index is 2.26. The molecule has 1 aromatic heterocycles. The van der Waals surface area contributed by atoms with Crippen molar-refractivity contribution in [2.75, 3.05) is 5.32 Å². The molecular weight excluding hydrogens is 288 g/mol. The molecule has 1 heterocycles. The molecule has 6 heteroatoms. The van der Waals surface area contributed by atoms with Crippen molar-refractivity contribution in [2.45, 2.75) is 33.7 Å². The third kappa shape index (κ3) is 3.50. The molecule has 2 aromatic rings. The summed E-state index contributed by atoms with van der Waals surface area (Å²) < 4.78 is 28.5. The Morgan fingerprint density at radius 1 is 1.41 bits per heavy atom. The van der Waals surface area contributed by atoms with Crippen LogP contribution in [0.15, 0.2) is 24.4 Å². The van der Waals surface area contributed by atoms with Gasteiger partial charge in [0.15, 0.2) is 0 Å². The largest absolute Gasteiger partial charge is 0.310 e. The standard InChI is InChI=1S/C16H19F2N3O/c1-4-10(2)16(22)20-15-11(3)8-19-21(15)9-12-7-13(17)5-6-14(12)18/h5-8,10H,4,9H2,1-3H3,(H,20,22)/t10-/m0/s1. The minimum atomic E-state index is -0.509. The second-order valence-electron chi connectivity index (χ2n) is 5.37. The lowest BCUT2D eigenvalue weighted by molar-refractivity contribution is -0.119. The van der Waals surface area contributed by atoms with Gasteiger partial charge in [0.1, 0.15) is 17.5 Å². The fraction of sp³-hybridized carbons (Fsp3) is 0.375. The molecule has 0 aliphatic carbocycles. The molecule has 118 valence electrons. The minimum absolute atomic E-state index is 0.0492. The summed E-state index contributed by atoms with van der Waals surface area (Å²) in [6, 6.07) is 3.28. The number of anilines is 1. The van der Waals surface area contributed by atoms with Gasteiger partial charge in [0.25, 0.3) is 0 Å². The van der Waals surface area contributed by atoms with Gasteiger partial charge in [-0.1, -0.05) is 13.8 Å². The number of rotatable bonds is 5. The summed E-state index contributed by atoms with van der Waals surface area (Å²) >= 11 is 0. The van der Waals surface area contributed by atoms with Crippen LogP contribution >= 0.6 is 0 Å². The van der Waals surface area contributed by atoms with E-state index in [2.05, 4.69) is 10.4 Å². The first-order valence-electron chi connectivity index (χ1n) is 7.19. The second-order valence-corrected chi connectivity index (χ2v) is 5.37. The van der Waals surface area contributed by atoms with E-state index in [9.17, 15) is 13.6 Å². The number of hydrogen-bond donors (Lipinski definition) is 1. The van der Waals surface area contributed by atoms with E-state index >= 15 is 0 Å². The first-order valence-corrected chi connectivity index (χ1v) is 7.19. The van der Waals surface area contributed by atoms with Gasteiger partial charge in [-0.05, 0) is 31.5 Å². The van der Waals surface area contributed by atoms with Crippen LogP contribution in [-0.4, -0.2) is 15.7 Å². The van der Waals surface area contributed by atoms with E-state index in [-0.39, 0.29) is 23.9 Å². The van der Waals surface area contributed by atoms with Crippen LogP contribution in [0.4, 0.5) is 14.6 Å². The number of nitrogens with zero attached hydrogens (tertiary/aromatic N) is 2. The first-order chi connectivity index (χ1) is 10.4. The molecule has 0 aliphatic rings. The van der Waals surface area contributed by atoms with E-state index in [1.54, 1.807) is 13.1 Å². The minimum Gasteiger partial charge on any atom is -0.310 e. The number of amides is 1. The highest BCUT2D eigenvalue weighted by molar-refractivity contribution is 5.92. The van der Waals surface area contributed by atoms with Gasteiger partial charge in [-0.2, -0.15) is 5.10 Å². The molecule has 0 bridgehead atoms. The third-order valence-corrected chi connectivity index (χ3v) is 3.65. The third-order valence-electron chi connectivity index (χ3n) is 3.65. The lowest BCUT2D eigenvalue weighted by Gasteiger charge is -2.13. The van der Waals surface area contributed by atoms with Crippen molar-refractivity contribution in [3.8, 4) is 0 Å². The lowest BCUT2D eigenvalue weighted by atomic mass is 10.1. The van der Waals surface area contributed by atoms with E-state index in [1.807, 2.05) is 13.8 Å². The van der Waals surface area contributed by atoms with Gasteiger partial charge in [-0.25, -0.2) is 13.5 Å². The van der Waals surface area contributed by atoms with Crippen LogP contribution < -0.4 is 5.32 Å². The number of hydrogen-bond acceptors (Lipinski definition) is 2. The number of benzene rings is 1. The molecular formula is C16H19F2N3O. The van der Waals surface area contributed by atoms with Crippen LogP contribution in [0.5, 0.6) is 0 Å². The van der Waals surface area contributed by atoms with Crippen molar-refractivity contribution in [2.24, 2.45) is 5.92 Å². The second kappa shape index (κ2) is 6.68. The Kier molecular flexibility index (Phi) is 4.90. The Labute approximate surface area is 128 Å². The predicted molar refractivity (Wildman–Crippen MR) is 80.5 cm³/mol. The highest BCUT2D eigenvalue weighted by Gasteiger charge is 2.16. The maximum atomic E-state index is 13.7. The molecule has 2 rings (SSSR count). The van der Waals surface area contributed by atoms with Crippen LogP contribution in [0.3, 0.4) is 0 Å². The van der Waals surface area contributed by atoms with Gasteiger partial charge in [0.05, 0.1) is 12.7 Å². The molecule has 0 saturated heterocycles. The Morgan fingerprint density at radius 2 is 2.14 bits per heavy atom. The monoisotopic (exact) mass is 307 g/mol. The molecule has 0 saturated carbocycles. The van der Waals surface area contributed by atoms with Gasteiger partial charge in [-0.3, -0.25) is 4.79 Å². The normalized spacial score (nSPS) is 12.2. The van der Waals surface area contributed by atoms with Crippen molar-refractivity contribution >= 4 is 11.7 Å². The molecule has 4 nitrogen and oxygen atoms in total. The number of carbonyl (C=O) groups excluding carboxylic acids is 1. The average Bonchev–Trinajstić information content (AvgIpc) is 2.83. The zero-order valence-electron chi connectivity index (χ0n) is 12.9. The molecule has 0 unspecified atom stereocenters. The topological polar surface area (TPSA) is 46.9 Å². The van der Waals surface area contributed by atoms with Crippen LogP contribution in [0.25, 0.3) is 0 Å². The van der Waals surface area contributed by atoms with Gasteiger partial charge >= 0.3 is 0 Å². The zero-order chi connectivity index (χ0) is 16.3. The first kappa shape index (κ1) is 16.1. The van der Waals surface area contributed by atoms with E-state index in [0.29, 0.717) is 5.82 Å². The van der Waals surface area contributed by atoms with Crippen molar-refractivity contribution in [1.29, 1.82) is 0 Å². The van der Waals surface area contributed by atoms with Crippen LogP contribution in [0.2, 0.25) is 0 Å². The van der Waals surface area contributed by atoms with Gasteiger partial charge in [0, 0.05) is 17.0 Å². The van der Waals surface area contributed by atoms with Crippen LogP contribution in [-0.2, 0) is 11.3 Å². The molecule has 1 amide bonds. The maximum absolute atomic E-state index is 13.7. The number of nitrogens with one attached hydrogen (secondary N) is 1. The summed E-state index contributed by atoms with van der Waals surface area (Å²) in [5.41, 5.74) is 0.954. The molecule has 0 spiro atoms. The number of carbonyl (C=O) groups is 1. The predicted octanol–water partition coefficient (Wildman–Crippen LogP) is 3.50. The maximum Gasteiger partial charge on any atom is 0.228 e. The number of halogens is 2. The Bertz CT molecular complexity index is 682. The fourth-order valence-corrected chi connectivity index (χ4v) is 2.01. The van der Waals surface area contributed by atoms with Crippen LogP contribution in [0.1, 0.15) is 31.4 Å². The smallest absolute Gasteiger partial charge is 0.228 e. The SMILES string of the molecule is CC[C@H](C)C(=O)Nc1c(C)cnn1Cc1cc(F)ccc1F. The highest BCUT2D eigenvalue weighted by Crippen LogP contribution is 2.19. The Morgan fingerprint density at radius 3 is 2.82 bits per heavy atom. The molecule has 0 radical (unpaired) electrons. The van der Waals surface area contributed by atoms with E-state index in [4.69, 9.17) is 0 Å². The number of aryl methyl sites for hydroxylation is 1. The molecule has 0 aliphatic heterocycles. The summed E-state index contributed by atoms with van der Waals surface area (Å²) in [4.78, 5) is 12.0. The van der Waals surface area contributed by atoms with Crippen molar-refractivity contribution in [3.05, 3.63) is 47.2 Å². The molecule has 1 aromatic carbocycles. The zero-order valence-corrected chi connectivity index (χ0v) is 12.9. The molecule has 1 N–H and O–H groups in total. The molecule has 0 fully saturated rings. The Hall–Kier alpha value is -2.24. The fourth-order valence-electron chi connectivity index (χ4n) is 2.01. The van der Waals surface area contributed by atoms with Gasteiger partial charge in [0.2, 0.25) is 5.91 Å². The van der Waals surface area contributed by atoms with Crippen molar-refractivity contribution in [3.63, 3.8) is 0 Å². The summed E-state index contributed by atoms with van der Waals surface area (Å²) in [6.07, 6.45) is 2.31. The number of aromatic nitrogens is 2. The van der Waals surface area contributed by atoms with Crippen LogP contribution in [0, 0.1) is 24.5 Å². The summed E-state index contributed by atoms with van der Waals surface area (Å²) in [6.45, 7) is 5.61. The summed E-state index contributed by atoms with van der Waals surface area (Å²) in [5.74, 6) is -0.756. The van der Waals surface area contributed by atoms with Crippen molar-refractivity contribution in [1.82, 2.24) is 9.78 Å².